The van der Waals surface area contributed by atoms with E-state index in [2.05, 4.69) is 11.9 Å². The van der Waals surface area contributed by atoms with E-state index in [1.54, 1.807) is 4.90 Å². The standard InChI is InChI=1S/C13H16N2O3/c1-9-4-7-15(8-5-9)12(16)11-10(13(17)18)3-2-6-14-11/h2-3,6,9H,4-5,7-8H2,1H3,(H,17,18). The van der Waals surface area contributed by atoms with Gasteiger partial charge in [0.05, 0.1) is 5.56 Å². The topological polar surface area (TPSA) is 70.5 Å². The van der Waals surface area contributed by atoms with Gasteiger partial charge in [0.1, 0.15) is 5.69 Å². The van der Waals surface area contributed by atoms with Gasteiger partial charge in [-0.25, -0.2) is 4.79 Å². The summed E-state index contributed by atoms with van der Waals surface area (Å²) in [6.07, 6.45) is 3.37. The Morgan fingerprint density at radius 2 is 2.06 bits per heavy atom. The van der Waals surface area contributed by atoms with Crippen molar-refractivity contribution in [3.8, 4) is 0 Å². The maximum atomic E-state index is 12.2. The molecule has 0 radical (unpaired) electrons. The summed E-state index contributed by atoms with van der Waals surface area (Å²) in [7, 11) is 0. The van der Waals surface area contributed by atoms with Crippen LogP contribution in [0.15, 0.2) is 18.3 Å². The summed E-state index contributed by atoms with van der Waals surface area (Å²) in [5.41, 5.74) is 0.0145. The second-order valence-electron chi connectivity index (χ2n) is 4.68. The number of carboxylic acid groups (broad SMARTS) is 1. The molecule has 1 aliphatic heterocycles. The summed E-state index contributed by atoms with van der Waals surface area (Å²) in [6.45, 7) is 3.51. The number of hydrogen-bond acceptors (Lipinski definition) is 3. The van der Waals surface area contributed by atoms with Gasteiger partial charge in [-0.05, 0) is 30.9 Å². The Balaban J connectivity index is 2.21. The molecular formula is C13H16N2O3. The number of amides is 1. The van der Waals surface area contributed by atoms with E-state index < -0.39 is 5.97 Å². The molecule has 1 fully saturated rings. The molecule has 1 amide bonds. The summed E-state index contributed by atoms with van der Waals surface area (Å²) in [6, 6.07) is 2.94. The van der Waals surface area contributed by atoms with E-state index in [1.165, 1.54) is 18.3 Å². The maximum Gasteiger partial charge on any atom is 0.338 e. The number of aromatic carboxylic acids is 1. The summed E-state index contributed by atoms with van der Waals surface area (Å²) in [5, 5.41) is 9.04. The van der Waals surface area contributed by atoms with Gasteiger partial charge in [-0.15, -0.1) is 0 Å². The highest BCUT2D eigenvalue weighted by molar-refractivity contribution is 6.03. The second kappa shape index (κ2) is 5.16. The summed E-state index contributed by atoms with van der Waals surface area (Å²) < 4.78 is 0. The number of piperidine rings is 1. The summed E-state index contributed by atoms with van der Waals surface area (Å²) in [5.74, 6) is -0.770. The molecule has 0 aliphatic carbocycles. The number of carbonyl (C=O) groups excluding carboxylic acids is 1. The van der Waals surface area contributed by atoms with Crippen molar-refractivity contribution in [2.24, 2.45) is 5.92 Å². The van der Waals surface area contributed by atoms with Crippen molar-refractivity contribution in [3.63, 3.8) is 0 Å². The molecule has 0 bridgehead atoms. The minimum absolute atomic E-state index is 0.0267. The first kappa shape index (κ1) is 12.5. The first-order valence-electron chi connectivity index (χ1n) is 6.07. The normalized spacial score (nSPS) is 16.6. The van der Waals surface area contributed by atoms with E-state index >= 15 is 0 Å². The Bertz CT molecular complexity index is 465. The van der Waals surface area contributed by atoms with Crippen molar-refractivity contribution < 1.29 is 14.7 Å². The monoisotopic (exact) mass is 248 g/mol. The minimum atomic E-state index is -1.11. The number of aromatic nitrogens is 1. The first-order valence-corrected chi connectivity index (χ1v) is 6.07. The van der Waals surface area contributed by atoms with Crippen LogP contribution in [-0.4, -0.2) is 40.0 Å². The predicted molar refractivity (Wildman–Crippen MR) is 65.5 cm³/mol. The van der Waals surface area contributed by atoms with Gasteiger partial charge in [0.2, 0.25) is 0 Å². The van der Waals surface area contributed by atoms with E-state index in [1.807, 2.05) is 0 Å². The number of pyridine rings is 1. The molecule has 0 aromatic carbocycles. The van der Waals surface area contributed by atoms with Gasteiger partial charge in [0.25, 0.3) is 5.91 Å². The SMILES string of the molecule is CC1CCN(C(=O)c2ncccc2C(=O)O)CC1. The number of hydrogen-bond donors (Lipinski definition) is 1. The van der Waals surface area contributed by atoms with Crippen LogP contribution in [0.4, 0.5) is 0 Å². The lowest BCUT2D eigenvalue weighted by molar-refractivity contribution is 0.0649. The van der Waals surface area contributed by atoms with Crippen LogP contribution in [0.25, 0.3) is 0 Å². The van der Waals surface area contributed by atoms with Gasteiger partial charge < -0.3 is 10.0 Å². The Morgan fingerprint density at radius 3 is 2.67 bits per heavy atom. The highest BCUT2D eigenvalue weighted by atomic mass is 16.4. The minimum Gasteiger partial charge on any atom is -0.478 e. The third kappa shape index (κ3) is 2.50. The highest BCUT2D eigenvalue weighted by Crippen LogP contribution is 2.18. The quantitative estimate of drug-likeness (QED) is 0.864. The smallest absolute Gasteiger partial charge is 0.338 e. The van der Waals surface area contributed by atoms with E-state index in [0.29, 0.717) is 19.0 Å². The van der Waals surface area contributed by atoms with Crippen molar-refractivity contribution in [3.05, 3.63) is 29.6 Å². The molecule has 1 N–H and O–H groups in total. The van der Waals surface area contributed by atoms with Crippen LogP contribution in [0.1, 0.15) is 40.6 Å². The Hall–Kier alpha value is -1.91. The fourth-order valence-corrected chi connectivity index (χ4v) is 2.11. The molecule has 0 saturated carbocycles. The number of nitrogens with zero attached hydrogens (tertiary/aromatic N) is 2. The van der Waals surface area contributed by atoms with Crippen LogP contribution >= 0.6 is 0 Å². The van der Waals surface area contributed by atoms with Crippen molar-refractivity contribution >= 4 is 11.9 Å². The molecule has 0 atom stereocenters. The van der Waals surface area contributed by atoms with Gasteiger partial charge in [-0.2, -0.15) is 0 Å². The number of carboxylic acids is 1. The molecule has 96 valence electrons. The van der Waals surface area contributed by atoms with Crippen molar-refractivity contribution in [2.45, 2.75) is 19.8 Å². The van der Waals surface area contributed by atoms with E-state index in [-0.39, 0.29) is 17.2 Å². The summed E-state index contributed by atoms with van der Waals surface area (Å²) in [4.78, 5) is 28.9. The number of likely N-dealkylation sites (tertiary alicyclic amines) is 1. The summed E-state index contributed by atoms with van der Waals surface area (Å²) >= 11 is 0. The van der Waals surface area contributed by atoms with Crippen molar-refractivity contribution in [1.29, 1.82) is 0 Å². The van der Waals surface area contributed by atoms with Crippen molar-refractivity contribution in [2.75, 3.05) is 13.1 Å². The molecule has 0 spiro atoms. The molecule has 18 heavy (non-hydrogen) atoms. The molecule has 2 heterocycles. The molecule has 5 nitrogen and oxygen atoms in total. The molecule has 1 aromatic heterocycles. The first-order chi connectivity index (χ1) is 8.59. The van der Waals surface area contributed by atoms with Crippen LogP contribution in [0.3, 0.4) is 0 Å². The van der Waals surface area contributed by atoms with Crippen LogP contribution in [0.2, 0.25) is 0 Å². The lowest BCUT2D eigenvalue weighted by Gasteiger charge is -2.30. The van der Waals surface area contributed by atoms with E-state index in [9.17, 15) is 9.59 Å². The fraction of sp³-hybridized carbons (Fsp3) is 0.462. The van der Waals surface area contributed by atoms with E-state index in [0.717, 1.165) is 12.8 Å². The predicted octanol–water partition coefficient (Wildman–Crippen LogP) is 1.65. The zero-order valence-electron chi connectivity index (χ0n) is 10.3. The molecule has 5 heteroatoms. The third-order valence-electron chi connectivity index (χ3n) is 3.31. The van der Waals surface area contributed by atoms with Crippen molar-refractivity contribution in [1.82, 2.24) is 9.88 Å². The number of carbonyl (C=O) groups is 2. The maximum absolute atomic E-state index is 12.2. The largest absolute Gasteiger partial charge is 0.478 e. The van der Waals surface area contributed by atoms with E-state index in [4.69, 9.17) is 5.11 Å². The van der Waals surface area contributed by atoms with Crippen LogP contribution in [-0.2, 0) is 0 Å². The zero-order valence-corrected chi connectivity index (χ0v) is 10.3. The van der Waals surface area contributed by atoms with Crippen LogP contribution in [0.5, 0.6) is 0 Å². The molecule has 0 unspecified atom stereocenters. The van der Waals surface area contributed by atoms with Gasteiger partial charge in [-0.1, -0.05) is 6.92 Å². The van der Waals surface area contributed by atoms with Gasteiger partial charge in [0, 0.05) is 19.3 Å². The molecule has 2 rings (SSSR count). The lowest BCUT2D eigenvalue weighted by atomic mass is 9.99. The molecule has 1 saturated heterocycles. The zero-order chi connectivity index (χ0) is 13.1. The highest BCUT2D eigenvalue weighted by Gasteiger charge is 2.25. The third-order valence-corrected chi connectivity index (χ3v) is 3.31. The van der Waals surface area contributed by atoms with Gasteiger partial charge >= 0.3 is 5.97 Å². The Kier molecular flexibility index (Phi) is 3.60. The fourth-order valence-electron chi connectivity index (χ4n) is 2.11. The average molecular weight is 248 g/mol. The van der Waals surface area contributed by atoms with Crippen LogP contribution < -0.4 is 0 Å². The molecular weight excluding hydrogens is 232 g/mol. The molecule has 1 aromatic rings. The average Bonchev–Trinajstić information content (AvgIpc) is 2.39. The van der Waals surface area contributed by atoms with Crippen LogP contribution in [0, 0.1) is 5.92 Å². The van der Waals surface area contributed by atoms with Gasteiger partial charge in [-0.3, -0.25) is 9.78 Å². The van der Waals surface area contributed by atoms with Gasteiger partial charge in [0.15, 0.2) is 0 Å². The number of rotatable bonds is 2. The second-order valence-corrected chi connectivity index (χ2v) is 4.68. The lowest BCUT2D eigenvalue weighted by Crippen LogP contribution is -2.39. The Morgan fingerprint density at radius 1 is 1.39 bits per heavy atom. The Labute approximate surface area is 105 Å². The molecule has 1 aliphatic rings.